The zero-order valence-corrected chi connectivity index (χ0v) is 18.1. The van der Waals surface area contributed by atoms with E-state index in [-0.39, 0.29) is 11.7 Å². The summed E-state index contributed by atoms with van der Waals surface area (Å²) in [5.74, 6) is 0.714. The molecule has 4 rings (SSSR count). The molecule has 0 spiro atoms. The van der Waals surface area contributed by atoms with Gasteiger partial charge in [0.2, 0.25) is 0 Å². The van der Waals surface area contributed by atoms with Crippen molar-refractivity contribution in [3.8, 4) is 0 Å². The fraction of sp³-hybridized carbons (Fsp3) is 0.286. The van der Waals surface area contributed by atoms with Crippen LogP contribution < -0.4 is 11.0 Å². The van der Waals surface area contributed by atoms with Crippen molar-refractivity contribution in [1.29, 1.82) is 0 Å². The molecule has 4 aromatic rings. The SMILES string of the molecule is Cc1c(Br)cccc1C(C)Nc1nnc(C)c2cc3c(cc12)n(C)c(=O)n3C. The van der Waals surface area contributed by atoms with Crippen LogP contribution >= 0.6 is 15.9 Å². The van der Waals surface area contributed by atoms with E-state index < -0.39 is 0 Å². The molecule has 0 aliphatic heterocycles. The van der Waals surface area contributed by atoms with E-state index >= 15 is 0 Å². The predicted octanol–water partition coefficient (Wildman–Crippen LogP) is 4.37. The van der Waals surface area contributed by atoms with Gasteiger partial charge in [-0.1, -0.05) is 28.1 Å². The van der Waals surface area contributed by atoms with Crippen LogP contribution in [0.4, 0.5) is 5.82 Å². The average Bonchev–Trinajstić information content (AvgIpc) is 2.89. The van der Waals surface area contributed by atoms with E-state index in [9.17, 15) is 4.79 Å². The summed E-state index contributed by atoms with van der Waals surface area (Å²) in [6.07, 6.45) is 0. The average molecular weight is 440 g/mol. The summed E-state index contributed by atoms with van der Waals surface area (Å²) >= 11 is 3.60. The number of rotatable bonds is 3. The molecule has 0 saturated heterocycles. The van der Waals surface area contributed by atoms with Crippen LogP contribution in [0.25, 0.3) is 21.8 Å². The number of fused-ring (bicyclic) bond motifs is 2. The highest BCUT2D eigenvalue weighted by molar-refractivity contribution is 9.10. The van der Waals surface area contributed by atoms with E-state index in [2.05, 4.69) is 51.4 Å². The van der Waals surface area contributed by atoms with Gasteiger partial charge in [0.1, 0.15) is 0 Å². The zero-order chi connectivity index (χ0) is 20.2. The third-order valence-corrected chi connectivity index (χ3v) is 6.34. The molecule has 0 saturated carbocycles. The number of halogens is 1. The summed E-state index contributed by atoms with van der Waals surface area (Å²) in [5.41, 5.74) is 4.94. The number of imidazole rings is 1. The van der Waals surface area contributed by atoms with Gasteiger partial charge in [0, 0.05) is 29.3 Å². The van der Waals surface area contributed by atoms with E-state index in [0.29, 0.717) is 5.82 Å². The van der Waals surface area contributed by atoms with Gasteiger partial charge >= 0.3 is 5.69 Å². The number of nitrogens with zero attached hydrogens (tertiary/aromatic N) is 4. The Bertz CT molecular complexity index is 1290. The molecule has 0 radical (unpaired) electrons. The monoisotopic (exact) mass is 439 g/mol. The van der Waals surface area contributed by atoms with Gasteiger partial charge in [-0.05, 0) is 50.1 Å². The van der Waals surface area contributed by atoms with Gasteiger partial charge in [0.25, 0.3) is 0 Å². The van der Waals surface area contributed by atoms with E-state index in [1.807, 2.05) is 31.2 Å². The van der Waals surface area contributed by atoms with Crippen LogP contribution in [0.2, 0.25) is 0 Å². The largest absolute Gasteiger partial charge is 0.362 e. The molecule has 0 aliphatic carbocycles. The highest BCUT2D eigenvalue weighted by atomic mass is 79.9. The van der Waals surface area contributed by atoms with Gasteiger partial charge in [0.15, 0.2) is 5.82 Å². The maximum absolute atomic E-state index is 12.3. The Kier molecular flexibility index (Phi) is 4.50. The molecule has 1 N–H and O–H groups in total. The molecule has 1 unspecified atom stereocenters. The zero-order valence-electron chi connectivity index (χ0n) is 16.5. The molecule has 6 nitrogen and oxygen atoms in total. The van der Waals surface area contributed by atoms with Crippen molar-refractivity contribution in [2.24, 2.45) is 14.1 Å². The van der Waals surface area contributed by atoms with Crippen LogP contribution in [-0.4, -0.2) is 19.3 Å². The van der Waals surface area contributed by atoms with Crippen molar-refractivity contribution in [2.45, 2.75) is 26.8 Å². The molecule has 2 heterocycles. The van der Waals surface area contributed by atoms with Crippen molar-refractivity contribution in [3.63, 3.8) is 0 Å². The van der Waals surface area contributed by atoms with Crippen molar-refractivity contribution >= 4 is 43.6 Å². The van der Waals surface area contributed by atoms with Gasteiger partial charge in [-0.15, -0.1) is 5.10 Å². The van der Waals surface area contributed by atoms with E-state index in [1.165, 1.54) is 11.1 Å². The number of aromatic nitrogens is 4. The number of hydrogen-bond donors (Lipinski definition) is 1. The lowest BCUT2D eigenvalue weighted by Gasteiger charge is -2.19. The lowest BCUT2D eigenvalue weighted by atomic mass is 10.0. The van der Waals surface area contributed by atoms with Crippen molar-refractivity contribution < 1.29 is 0 Å². The van der Waals surface area contributed by atoms with Gasteiger partial charge < -0.3 is 5.32 Å². The summed E-state index contributed by atoms with van der Waals surface area (Å²) in [4.78, 5) is 12.3. The van der Waals surface area contributed by atoms with Crippen LogP contribution in [0.1, 0.15) is 29.8 Å². The van der Waals surface area contributed by atoms with Crippen molar-refractivity contribution in [3.05, 3.63) is 62.1 Å². The summed E-state index contributed by atoms with van der Waals surface area (Å²) in [6, 6.07) is 10.3. The highest BCUT2D eigenvalue weighted by Crippen LogP contribution is 2.31. The minimum Gasteiger partial charge on any atom is -0.362 e. The number of aryl methyl sites for hydroxylation is 3. The molecule has 0 fully saturated rings. The van der Waals surface area contributed by atoms with E-state index in [0.717, 1.165) is 32.0 Å². The minimum atomic E-state index is -0.0449. The maximum atomic E-state index is 12.3. The molecule has 2 aromatic heterocycles. The van der Waals surface area contributed by atoms with E-state index in [1.54, 1.807) is 23.2 Å². The minimum absolute atomic E-state index is 0.0449. The Balaban J connectivity index is 1.89. The molecule has 0 amide bonds. The standard InChI is InChI=1S/C21H22BrN5O/c1-11-14(7-6-8-17(11)22)12(2)23-20-16-10-19-18(26(4)21(28)27(19)5)9-15(16)13(3)24-25-20/h6-10,12H,1-5H3,(H,23,25). The Morgan fingerprint density at radius 3 is 2.36 bits per heavy atom. The van der Waals surface area contributed by atoms with Crippen LogP contribution in [0.3, 0.4) is 0 Å². The molecule has 28 heavy (non-hydrogen) atoms. The Hall–Kier alpha value is -2.67. The van der Waals surface area contributed by atoms with E-state index in [4.69, 9.17) is 0 Å². The second-order valence-corrected chi connectivity index (χ2v) is 8.10. The quantitative estimate of drug-likeness (QED) is 0.514. The first-order chi connectivity index (χ1) is 13.3. The predicted molar refractivity (Wildman–Crippen MR) is 117 cm³/mol. The Morgan fingerprint density at radius 2 is 1.68 bits per heavy atom. The summed E-state index contributed by atoms with van der Waals surface area (Å²) in [7, 11) is 3.58. The summed E-state index contributed by atoms with van der Waals surface area (Å²) in [5, 5.41) is 14.2. The lowest BCUT2D eigenvalue weighted by molar-refractivity contribution is 0.795. The number of benzene rings is 2. The van der Waals surface area contributed by atoms with Crippen LogP contribution in [-0.2, 0) is 14.1 Å². The second-order valence-electron chi connectivity index (χ2n) is 7.24. The molecule has 0 bridgehead atoms. The normalized spacial score (nSPS) is 12.6. The van der Waals surface area contributed by atoms with Crippen LogP contribution in [0, 0.1) is 13.8 Å². The third-order valence-electron chi connectivity index (χ3n) is 5.49. The Labute approximate surface area is 171 Å². The first-order valence-electron chi connectivity index (χ1n) is 9.13. The lowest BCUT2D eigenvalue weighted by Crippen LogP contribution is -2.19. The number of nitrogens with one attached hydrogen (secondary N) is 1. The van der Waals surface area contributed by atoms with Gasteiger partial charge in [0.05, 0.1) is 22.8 Å². The van der Waals surface area contributed by atoms with Gasteiger partial charge in [-0.2, -0.15) is 5.10 Å². The molecule has 1 atom stereocenters. The van der Waals surface area contributed by atoms with Gasteiger partial charge in [-0.25, -0.2) is 4.79 Å². The number of hydrogen-bond acceptors (Lipinski definition) is 4. The molecule has 0 aliphatic rings. The number of anilines is 1. The van der Waals surface area contributed by atoms with Crippen molar-refractivity contribution in [2.75, 3.05) is 5.32 Å². The Morgan fingerprint density at radius 1 is 1.04 bits per heavy atom. The first-order valence-corrected chi connectivity index (χ1v) is 9.93. The van der Waals surface area contributed by atoms with Crippen LogP contribution in [0.15, 0.2) is 39.6 Å². The summed E-state index contributed by atoms with van der Waals surface area (Å²) in [6.45, 7) is 6.15. The first kappa shape index (κ1) is 18.7. The molecule has 144 valence electrons. The molecule has 2 aromatic carbocycles. The fourth-order valence-electron chi connectivity index (χ4n) is 3.76. The van der Waals surface area contributed by atoms with Crippen LogP contribution in [0.5, 0.6) is 0 Å². The maximum Gasteiger partial charge on any atom is 0.328 e. The van der Waals surface area contributed by atoms with Gasteiger partial charge in [-0.3, -0.25) is 9.13 Å². The topological polar surface area (TPSA) is 64.7 Å². The smallest absolute Gasteiger partial charge is 0.328 e. The summed E-state index contributed by atoms with van der Waals surface area (Å²) < 4.78 is 4.41. The second kappa shape index (κ2) is 6.74. The third kappa shape index (κ3) is 2.81. The van der Waals surface area contributed by atoms with Crippen molar-refractivity contribution in [1.82, 2.24) is 19.3 Å². The highest BCUT2D eigenvalue weighted by Gasteiger charge is 2.16. The molecule has 7 heteroatoms. The fourth-order valence-corrected chi connectivity index (χ4v) is 4.14. The molecular weight excluding hydrogens is 418 g/mol. The molecular formula is C21H22BrN5O.